The maximum atomic E-state index is 12.4. The first-order valence-electron chi connectivity index (χ1n) is 8.12. The minimum Gasteiger partial charge on any atom is -0.457 e. The van der Waals surface area contributed by atoms with E-state index in [-0.39, 0.29) is 21.4 Å². The maximum Gasteiger partial charge on any atom is 0.446 e. The van der Waals surface area contributed by atoms with Crippen LogP contribution in [0.4, 0.5) is 13.2 Å². The Bertz CT molecular complexity index is 1230. The Morgan fingerprint density at radius 1 is 1.07 bits per heavy atom. The molecule has 3 rings (SSSR count). The van der Waals surface area contributed by atoms with Crippen LogP contribution in [0.5, 0.6) is 11.5 Å². The molecule has 152 valence electrons. The van der Waals surface area contributed by atoms with Crippen LogP contribution in [0.2, 0.25) is 0 Å². The molecule has 0 fully saturated rings. The summed E-state index contributed by atoms with van der Waals surface area (Å²) < 4.78 is 45.3. The zero-order chi connectivity index (χ0) is 21.3. The predicted octanol–water partition coefficient (Wildman–Crippen LogP) is 4.31. The first-order chi connectivity index (χ1) is 13.5. The fourth-order valence-corrected chi connectivity index (χ4v) is 3.32. The van der Waals surface area contributed by atoms with Crippen molar-refractivity contribution in [2.45, 2.75) is 17.3 Å². The predicted molar refractivity (Wildman–Crippen MR) is 106 cm³/mol. The number of thioether (sulfide) groups is 1. The zero-order valence-corrected chi connectivity index (χ0v) is 16.7. The molecule has 0 aliphatic heterocycles. The van der Waals surface area contributed by atoms with Gasteiger partial charge in [-0.1, -0.05) is 0 Å². The molecule has 0 aliphatic rings. The van der Waals surface area contributed by atoms with Gasteiger partial charge in [-0.25, -0.2) is 14.2 Å². The number of nitrogens with zero attached hydrogens (tertiary/aromatic N) is 2. The number of aryl methyl sites for hydroxylation is 1. The quantitative estimate of drug-likeness (QED) is 0.483. The van der Waals surface area contributed by atoms with E-state index in [0.717, 1.165) is 4.57 Å². The van der Waals surface area contributed by atoms with Crippen molar-refractivity contribution in [3.05, 3.63) is 73.8 Å². The van der Waals surface area contributed by atoms with Gasteiger partial charge in [-0.05, 0) is 78.9 Å². The van der Waals surface area contributed by atoms with Crippen LogP contribution in [0.3, 0.4) is 0 Å². The average Bonchev–Trinajstić information content (AvgIpc) is 2.62. The molecule has 0 spiro atoms. The lowest BCUT2D eigenvalue weighted by Crippen LogP contribution is -2.36. The standard InChI is InChI=1S/C18H14F3N3O3S2/c1-10-9-11(24-16(26)22-15(25)23(2)17(24)28)3-8-14(10)27-12-4-6-13(7-5-12)29-18(19,20)21/h3-9H,1-2H3,(H,22,25,26). The van der Waals surface area contributed by atoms with Crippen LogP contribution in [0, 0.1) is 11.7 Å². The summed E-state index contributed by atoms with van der Waals surface area (Å²) in [5, 5.41) is 0. The summed E-state index contributed by atoms with van der Waals surface area (Å²) in [6, 6.07) is 10.4. The lowest BCUT2D eigenvalue weighted by Gasteiger charge is -2.13. The summed E-state index contributed by atoms with van der Waals surface area (Å²) in [6.45, 7) is 1.74. The number of nitrogens with one attached hydrogen (secondary N) is 1. The molecule has 0 atom stereocenters. The summed E-state index contributed by atoms with van der Waals surface area (Å²) in [5.41, 5.74) is -4.53. The molecule has 11 heteroatoms. The largest absolute Gasteiger partial charge is 0.457 e. The fourth-order valence-electron chi connectivity index (χ4n) is 2.51. The normalized spacial score (nSPS) is 11.5. The van der Waals surface area contributed by atoms with E-state index >= 15 is 0 Å². The molecule has 0 saturated heterocycles. The minimum absolute atomic E-state index is 0.0320. The molecule has 3 aromatic rings. The van der Waals surface area contributed by atoms with Crippen LogP contribution in [0.1, 0.15) is 5.56 Å². The number of benzene rings is 2. The Balaban J connectivity index is 1.88. The van der Waals surface area contributed by atoms with E-state index in [0.29, 0.717) is 22.7 Å². The molecule has 2 aromatic carbocycles. The van der Waals surface area contributed by atoms with Crippen molar-refractivity contribution < 1.29 is 17.9 Å². The van der Waals surface area contributed by atoms with Crippen molar-refractivity contribution in [3.63, 3.8) is 0 Å². The lowest BCUT2D eigenvalue weighted by molar-refractivity contribution is -0.0328. The molecule has 0 radical (unpaired) electrons. The number of H-pyrrole nitrogens is 1. The number of alkyl halides is 3. The molecule has 6 nitrogen and oxygen atoms in total. The Morgan fingerprint density at radius 3 is 2.31 bits per heavy atom. The van der Waals surface area contributed by atoms with E-state index in [2.05, 4.69) is 4.98 Å². The van der Waals surface area contributed by atoms with Gasteiger partial charge < -0.3 is 4.74 Å². The summed E-state index contributed by atoms with van der Waals surface area (Å²) in [5.74, 6) is 0.821. The summed E-state index contributed by atoms with van der Waals surface area (Å²) in [7, 11) is 1.45. The Morgan fingerprint density at radius 2 is 1.72 bits per heavy atom. The van der Waals surface area contributed by atoms with E-state index in [9.17, 15) is 22.8 Å². The number of ether oxygens (including phenoxy) is 1. The van der Waals surface area contributed by atoms with Crippen LogP contribution in [0.15, 0.2) is 56.9 Å². The molecule has 0 amide bonds. The molecule has 0 saturated carbocycles. The van der Waals surface area contributed by atoms with Crippen molar-refractivity contribution in [2.75, 3.05) is 0 Å². The SMILES string of the molecule is Cc1cc(-n2c(=O)[nH]c(=O)n(C)c2=S)ccc1Oc1ccc(SC(F)(F)F)cc1. The lowest BCUT2D eigenvalue weighted by atomic mass is 10.2. The van der Waals surface area contributed by atoms with Crippen LogP contribution >= 0.6 is 24.0 Å². The van der Waals surface area contributed by atoms with E-state index < -0.39 is 16.9 Å². The molecule has 1 heterocycles. The first kappa shape index (κ1) is 20.9. The Labute approximate surface area is 171 Å². The van der Waals surface area contributed by atoms with Gasteiger partial charge >= 0.3 is 16.9 Å². The van der Waals surface area contributed by atoms with E-state index in [1.807, 2.05) is 0 Å². The fraction of sp³-hybridized carbons (Fsp3) is 0.167. The highest BCUT2D eigenvalue weighted by Gasteiger charge is 2.29. The van der Waals surface area contributed by atoms with Crippen LogP contribution < -0.4 is 16.1 Å². The van der Waals surface area contributed by atoms with E-state index in [4.69, 9.17) is 17.0 Å². The van der Waals surface area contributed by atoms with E-state index in [1.54, 1.807) is 25.1 Å². The van der Waals surface area contributed by atoms with Crippen LogP contribution in [0.25, 0.3) is 5.69 Å². The summed E-state index contributed by atoms with van der Waals surface area (Å²) in [6.07, 6.45) is 0. The topological polar surface area (TPSA) is 69.0 Å². The van der Waals surface area contributed by atoms with Crippen molar-refractivity contribution >= 4 is 24.0 Å². The van der Waals surface area contributed by atoms with Gasteiger partial charge in [-0.2, -0.15) is 13.2 Å². The Kier molecular flexibility index (Phi) is 5.71. The third kappa shape index (κ3) is 4.80. The first-order valence-corrected chi connectivity index (χ1v) is 9.35. The van der Waals surface area contributed by atoms with Crippen molar-refractivity contribution in [2.24, 2.45) is 7.05 Å². The van der Waals surface area contributed by atoms with Crippen LogP contribution in [-0.4, -0.2) is 19.6 Å². The molecular weight excluding hydrogens is 427 g/mol. The zero-order valence-electron chi connectivity index (χ0n) is 15.1. The van der Waals surface area contributed by atoms with Gasteiger partial charge in [0.1, 0.15) is 11.5 Å². The second-order valence-corrected chi connectivity index (χ2v) is 7.49. The molecule has 1 N–H and O–H groups in total. The minimum atomic E-state index is -4.35. The number of aromatic nitrogens is 3. The van der Waals surface area contributed by atoms with Gasteiger partial charge in [0.05, 0.1) is 5.69 Å². The van der Waals surface area contributed by atoms with Crippen molar-refractivity contribution in [3.8, 4) is 17.2 Å². The van der Waals surface area contributed by atoms with Crippen molar-refractivity contribution in [1.29, 1.82) is 0 Å². The molecule has 0 bridgehead atoms. The molecular formula is C18H14F3N3O3S2. The highest BCUT2D eigenvalue weighted by atomic mass is 32.2. The smallest absolute Gasteiger partial charge is 0.446 e. The second kappa shape index (κ2) is 7.91. The summed E-state index contributed by atoms with van der Waals surface area (Å²) in [4.78, 5) is 26.0. The van der Waals surface area contributed by atoms with Crippen LogP contribution in [-0.2, 0) is 7.05 Å². The van der Waals surface area contributed by atoms with Gasteiger partial charge in [0, 0.05) is 11.9 Å². The third-order valence-corrected chi connectivity index (χ3v) is 5.10. The Hall–Kier alpha value is -2.79. The van der Waals surface area contributed by atoms with Gasteiger partial charge in [-0.3, -0.25) is 9.55 Å². The summed E-state index contributed by atoms with van der Waals surface area (Å²) >= 11 is 4.97. The number of aromatic amines is 1. The number of hydrogen-bond donors (Lipinski definition) is 1. The van der Waals surface area contributed by atoms with Gasteiger partial charge in [0.2, 0.25) is 0 Å². The van der Waals surface area contributed by atoms with Gasteiger partial charge in [0.15, 0.2) is 4.77 Å². The highest BCUT2D eigenvalue weighted by Crippen LogP contribution is 2.37. The second-order valence-electron chi connectivity index (χ2n) is 5.98. The molecule has 0 aliphatic carbocycles. The van der Waals surface area contributed by atoms with Gasteiger partial charge in [-0.15, -0.1) is 0 Å². The molecule has 1 aromatic heterocycles. The highest BCUT2D eigenvalue weighted by molar-refractivity contribution is 8.00. The van der Waals surface area contributed by atoms with Crippen molar-refractivity contribution in [1.82, 2.24) is 14.1 Å². The monoisotopic (exact) mass is 441 g/mol. The van der Waals surface area contributed by atoms with Gasteiger partial charge in [0.25, 0.3) is 0 Å². The molecule has 29 heavy (non-hydrogen) atoms. The molecule has 0 unspecified atom stereocenters. The number of hydrogen-bond acceptors (Lipinski definition) is 5. The van der Waals surface area contributed by atoms with E-state index in [1.165, 1.54) is 35.9 Å². The number of rotatable bonds is 4. The maximum absolute atomic E-state index is 12.4. The number of halogens is 3. The third-order valence-electron chi connectivity index (χ3n) is 3.90. The average molecular weight is 441 g/mol.